The van der Waals surface area contributed by atoms with Crippen LogP contribution >= 0.6 is 11.7 Å². The molecule has 2 aliphatic rings. The van der Waals surface area contributed by atoms with Crippen molar-refractivity contribution in [2.24, 2.45) is 0 Å². The molecule has 0 saturated carbocycles. The quantitative estimate of drug-likeness (QED) is 0.356. The molecule has 0 saturated heterocycles. The predicted octanol–water partition coefficient (Wildman–Crippen LogP) is 2.85. The van der Waals surface area contributed by atoms with E-state index in [4.69, 9.17) is 0 Å². The zero-order valence-corrected chi connectivity index (χ0v) is 21.6. The van der Waals surface area contributed by atoms with Gasteiger partial charge in [0.15, 0.2) is 0 Å². The minimum absolute atomic E-state index is 0.0550. The number of fused-ring (bicyclic) bond motifs is 2. The van der Waals surface area contributed by atoms with E-state index in [2.05, 4.69) is 46.0 Å². The van der Waals surface area contributed by atoms with Gasteiger partial charge in [-0.2, -0.15) is 0 Å². The second kappa shape index (κ2) is 7.24. The first-order valence-electron chi connectivity index (χ1n) is 9.89. The summed E-state index contributed by atoms with van der Waals surface area (Å²) in [6.07, 6.45) is 0. The van der Waals surface area contributed by atoms with E-state index in [9.17, 15) is 9.59 Å². The number of nitrogens with zero attached hydrogens (tertiary/aromatic N) is 4. The van der Waals surface area contributed by atoms with Crippen molar-refractivity contribution in [1.82, 2.24) is 18.5 Å². The van der Waals surface area contributed by atoms with Crippen molar-refractivity contribution in [3.8, 4) is 10.0 Å². The maximum atomic E-state index is 13.3. The van der Waals surface area contributed by atoms with Crippen LogP contribution in [0.25, 0.3) is 32.4 Å². The van der Waals surface area contributed by atoms with Gasteiger partial charge in [-0.15, -0.1) is 0 Å². The number of likely N-dealkylation sites (N-methyl/N-ethyl adjacent to an activating group) is 2. The summed E-state index contributed by atoms with van der Waals surface area (Å²) in [5.41, 5.74) is 5.52. The van der Waals surface area contributed by atoms with Crippen LogP contribution in [0.1, 0.15) is 13.3 Å². The summed E-state index contributed by atoms with van der Waals surface area (Å²) in [5.74, 6) is -0.195. The summed E-state index contributed by atoms with van der Waals surface area (Å²) in [7, 11) is 3.55. The van der Waals surface area contributed by atoms with Gasteiger partial charge in [-0.25, -0.2) is 0 Å². The molecule has 1 aromatic carbocycles. The molecular weight excluding hydrogens is 554 g/mol. The number of aromatic nitrogens is 2. The molecule has 0 radical (unpaired) electrons. The molecule has 0 bridgehead atoms. The van der Waals surface area contributed by atoms with Gasteiger partial charge in [0.1, 0.15) is 0 Å². The molecule has 5 heterocycles. The molecule has 4 aromatic rings. The Balaban J connectivity index is 1.53. The van der Waals surface area contributed by atoms with Crippen molar-refractivity contribution >= 4 is 75.0 Å². The van der Waals surface area contributed by atoms with E-state index in [-0.39, 0.29) is 40.8 Å². The second-order valence-corrected chi connectivity index (χ2v) is 13.2. The van der Waals surface area contributed by atoms with Gasteiger partial charge in [-0.05, 0) is 0 Å². The molecule has 0 spiro atoms. The number of aryl methyl sites for hydroxylation is 1. The molecule has 0 fully saturated rings. The Kier molecular flexibility index (Phi) is 4.54. The molecule has 0 N–H and O–H groups in total. The summed E-state index contributed by atoms with van der Waals surface area (Å²) in [6.45, 7) is 2.09. The monoisotopic (exact) mass is 572 g/mol. The Morgan fingerprint density at radius 2 is 1.41 bits per heavy atom. The SMILES string of the molecule is Cc1ccc(C2=C3C(=O)N(C)C(c4ccc(-c5cccc6nsnc56)[se]4)=C3C(=O)N2C)[se]1. The van der Waals surface area contributed by atoms with Crippen molar-refractivity contribution in [3.63, 3.8) is 0 Å². The molecule has 2 amide bonds. The summed E-state index contributed by atoms with van der Waals surface area (Å²) < 4.78 is 13.4. The number of carbonyl (C=O) groups excluding carboxylic acids is 2. The van der Waals surface area contributed by atoms with Crippen molar-refractivity contribution in [1.29, 1.82) is 0 Å². The van der Waals surface area contributed by atoms with Crippen LogP contribution in [0, 0.1) is 6.92 Å². The normalized spacial score (nSPS) is 16.3. The molecule has 158 valence electrons. The van der Waals surface area contributed by atoms with Crippen LogP contribution in [0.5, 0.6) is 0 Å². The molecule has 0 aliphatic carbocycles. The van der Waals surface area contributed by atoms with Gasteiger partial charge in [0.25, 0.3) is 0 Å². The van der Waals surface area contributed by atoms with Crippen molar-refractivity contribution in [2.75, 3.05) is 14.1 Å². The number of hydrogen-bond acceptors (Lipinski definition) is 5. The Hall–Kier alpha value is -2.54. The average molecular weight is 570 g/mol. The summed E-state index contributed by atoms with van der Waals surface area (Å²) in [5, 5.41) is 0. The molecule has 6 nitrogen and oxygen atoms in total. The first kappa shape index (κ1) is 20.1. The number of amides is 2. The Morgan fingerprint density at radius 3 is 2.06 bits per heavy atom. The van der Waals surface area contributed by atoms with E-state index >= 15 is 0 Å². The van der Waals surface area contributed by atoms with Crippen LogP contribution in [0.2, 0.25) is 0 Å². The van der Waals surface area contributed by atoms with Crippen LogP contribution in [0.4, 0.5) is 0 Å². The van der Waals surface area contributed by atoms with Crippen molar-refractivity contribution in [3.05, 3.63) is 66.9 Å². The minimum atomic E-state index is -0.0973. The Labute approximate surface area is 200 Å². The van der Waals surface area contributed by atoms with Crippen molar-refractivity contribution < 1.29 is 9.59 Å². The number of benzene rings is 1. The fraction of sp³-hybridized carbons (Fsp3) is 0.130. The van der Waals surface area contributed by atoms with Crippen LogP contribution in [0.3, 0.4) is 0 Å². The molecule has 2 aliphatic heterocycles. The topological polar surface area (TPSA) is 66.4 Å². The average Bonchev–Trinajstić information content (AvgIpc) is 3.58. The molecule has 9 heteroatoms. The molecule has 6 rings (SSSR count). The number of rotatable bonds is 3. The van der Waals surface area contributed by atoms with Gasteiger partial charge in [0.05, 0.1) is 0 Å². The Morgan fingerprint density at radius 1 is 0.781 bits per heavy atom. The standard InChI is InChI=1S/C23H16N4O2SSe2/c1-11-7-8-15(31-11)20-17-18(23(29)26(20)2)21(27(3)22(17)28)16-10-9-14(32-16)12-5-4-6-13-19(12)25-30-24-13/h4-10H,1-3H3. The summed E-state index contributed by atoms with van der Waals surface area (Å²) in [6, 6.07) is 14.3. The van der Waals surface area contributed by atoms with Crippen LogP contribution < -0.4 is 0 Å². The summed E-state index contributed by atoms with van der Waals surface area (Å²) >= 11 is 1.30. The maximum absolute atomic E-state index is 13.3. The number of carbonyl (C=O) groups is 2. The second-order valence-electron chi connectivity index (χ2n) is 7.69. The number of hydrogen-bond donors (Lipinski definition) is 0. The summed E-state index contributed by atoms with van der Waals surface area (Å²) in [4.78, 5) is 30.0. The third-order valence-corrected chi connectivity index (χ3v) is 10.8. The van der Waals surface area contributed by atoms with Gasteiger partial charge in [0, 0.05) is 0 Å². The van der Waals surface area contributed by atoms with E-state index in [0.717, 1.165) is 36.9 Å². The fourth-order valence-electron chi connectivity index (χ4n) is 4.28. The molecule has 0 unspecified atom stereocenters. The van der Waals surface area contributed by atoms with Crippen molar-refractivity contribution in [2.45, 2.75) is 6.92 Å². The molecular formula is C23H16N4O2SSe2. The third kappa shape index (κ3) is 2.76. The van der Waals surface area contributed by atoms with E-state index in [0.29, 0.717) is 11.1 Å². The van der Waals surface area contributed by atoms with E-state index < -0.39 is 0 Å². The predicted molar refractivity (Wildman–Crippen MR) is 127 cm³/mol. The molecule has 32 heavy (non-hydrogen) atoms. The van der Waals surface area contributed by atoms with Gasteiger partial charge in [0.2, 0.25) is 0 Å². The zero-order chi connectivity index (χ0) is 22.1. The van der Waals surface area contributed by atoms with Crippen LogP contribution in [-0.4, -0.2) is 73.5 Å². The first-order valence-corrected chi connectivity index (χ1v) is 14.0. The fourth-order valence-corrected chi connectivity index (χ4v) is 9.18. The van der Waals surface area contributed by atoms with Crippen LogP contribution in [0.15, 0.2) is 53.6 Å². The first-order chi connectivity index (χ1) is 15.5. The van der Waals surface area contributed by atoms with Crippen LogP contribution in [-0.2, 0) is 9.59 Å². The third-order valence-electron chi connectivity index (χ3n) is 5.80. The van der Waals surface area contributed by atoms with E-state index in [1.807, 2.05) is 12.1 Å². The molecule has 0 atom stereocenters. The zero-order valence-electron chi connectivity index (χ0n) is 17.4. The van der Waals surface area contributed by atoms with Gasteiger partial charge in [-0.1, -0.05) is 0 Å². The van der Waals surface area contributed by atoms with Gasteiger partial charge >= 0.3 is 201 Å². The van der Waals surface area contributed by atoms with Gasteiger partial charge in [-0.3, -0.25) is 0 Å². The van der Waals surface area contributed by atoms with Gasteiger partial charge < -0.3 is 0 Å². The molecule has 3 aromatic heterocycles. The van der Waals surface area contributed by atoms with E-state index in [1.54, 1.807) is 23.9 Å². The van der Waals surface area contributed by atoms with E-state index in [1.165, 1.54) is 20.6 Å². The Bertz CT molecular complexity index is 1520.